The summed E-state index contributed by atoms with van der Waals surface area (Å²) < 4.78 is 65.7. The Bertz CT molecular complexity index is 1650. The molecule has 1 saturated carbocycles. The summed E-state index contributed by atoms with van der Waals surface area (Å²) in [5.74, 6) is -3.38. The van der Waals surface area contributed by atoms with Crippen molar-refractivity contribution < 1.29 is 21.9 Å². The Hall–Kier alpha value is -3.82. The van der Waals surface area contributed by atoms with Crippen LogP contribution < -0.4 is 9.46 Å². The summed E-state index contributed by atoms with van der Waals surface area (Å²) in [7, 11) is -4.05. The lowest BCUT2D eigenvalue weighted by Crippen LogP contribution is -2.62. The van der Waals surface area contributed by atoms with E-state index >= 15 is 0 Å². The molecular weight excluding hydrogens is 478 g/mol. The summed E-state index contributed by atoms with van der Waals surface area (Å²) in [6, 6.07) is 7.04. The quantitative estimate of drug-likeness (QED) is 0.448. The summed E-state index contributed by atoms with van der Waals surface area (Å²) >= 11 is 0. The lowest BCUT2D eigenvalue weighted by Gasteiger charge is -2.54. The molecule has 1 saturated heterocycles. The molecule has 1 aliphatic heterocycles. The van der Waals surface area contributed by atoms with Crippen LogP contribution in [-0.4, -0.2) is 40.2 Å². The van der Waals surface area contributed by atoms with E-state index < -0.39 is 38.8 Å². The fraction of sp³-hybridized carbons (Fsp3) is 0.261. The van der Waals surface area contributed by atoms with Gasteiger partial charge in [0.2, 0.25) is 5.82 Å². The Morgan fingerprint density at radius 3 is 2.69 bits per heavy atom. The number of hydrogen-bond donors (Lipinski definition) is 1. The molecule has 0 amide bonds. The zero-order valence-electron chi connectivity index (χ0n) is 18.2. The zero-order chi connectivity index (χ0) is 24.4. The minimum absolute atomic E-state index is 0.0281. The molecule has 12 heteroatoms. The molecule has 35 heavy (non-hydrogen) atoms. The molecule has 0 atom stereocenters. The zero-order valence-corrected chi connectivity index (χ0v) is 19.0. The van der Waals surface area contributed by atoms with Gasteiger partial charge in [0.05, 0.1) is 11.2 Å². The number of imidazole rings is 1. The van der Waals surface area contributed by atoms with Crippen molar-refractivity contribution in [3.05, 3.63) is 60.2 Å². The summed E-state index contributed by atoms with van der Waals surface area (Å²) in [4.78, 5) is 8.56. The van der Waals surface area contributed by atoms with Crippen LogP contribution >= 0.6 is 0 Å². The molecule has 3 heterocycles. The average molecular weight is 496 g/mol. The second-order valence-electron chi connectivity index (χ2n) is 8.95. The minimum Gasteiger partial charge on any atom is -0.453 e. The maximum absolute atomic E-state index is 14.8. The first kappa shape index (κ1) is 21.7. The van der Waals surface area contributed by atoms with E-state index in [1.807, 2.05) is 0 Å². The number of nitrogens with zero attached hydrogens (tertiary/aromatic N) is 5. The lowest BCUT2D eigenvalue weighted by molar-refractivity contribution is -0.00752. The van der Waals surface area contributed by atoms with Crippen molar-refractivity contribution in [1.29, 1.82) is 5.26 Å². The summed E-state index contributed by atoms with van der Waals surface area (Å²) in [6.45, 7) is 0.731. The fourth-order valence-electron chi connectivity index (χ4n) is 4.69. The van der Waals surface area contributed by atoms with Gasteiger partial charge in [-0.05, 0) is 36.5 Å². The van der Waals surface area contributed by atoms with Gasteiger partial charge in [-0.25, -0.2) is 14.4 Å². The summed E-state index contributed by atoms with van der Waals surface area (Å²) in [5.41, 5.74) is 0.342. The molecular formula is C23H18F2N6O3S. The predicted molar refractivity (Wildman–Crippen MR) is 122 cm³/mol. The highest BCUT2D eigenvalue weighted by atomic mass is 32.2. The Kier molecular flexibility index (Phi) is 4.71. The minimum atomic E-state index is -4.05. The third-order valence-electron chi connectivity index (χ3n) is 6.72. The van der Waals surface area contributed by atoms with E-state index in [1.165, 1.54) is 16.4 Å². The van der Waals surface area contributed by atoms with Gasteiger partial charge in [-0.3, -0.25) is 9.12 Å². The molecule has 0 radical (unpaired) electrons. The topological polar surface area (TPSA) is 113 Å². The van der Waals surface area contributed by atoms with Gasteiger partial charge < -0.3 is 4.74 Å². The maximum Gasteiger partial charge on any atom is 0.301 e. The standard InChI is InChI=1S/C23H18F2N6O3S/c24-17-9-19(29-35(32,33)31-11-23(12-31)4-1-5-23)16(10-26)21(20(17)25)34-14-2-3-18-15(8-14)22-27-6-7-30(22)13-28-18/h2-3,6-9,13,29H,1,4-5,11-12H2. The number of halogens is 2. The number of anilines is 1. The number of benzene rings is 2. The monoisotopic (exact) mass is 496 g/mol. The molecule has 2 fully saturated rings. The van der Waals surface area contributed by atoms with Crippen molar-refractivity contribution in [2.75, 3.05) is 17.8 Å². The molecule has 2 aromatic heterocycles. The summed E-state index contributed by atoms with van der Waals surface area (Å²) in [5, 5.41) is 10.3. The highest BCUT2D eigenvalue weighted by Crippen LogP contribution is 2.49. The molecule has 4 aromatic rings. The van der Waals surface area contributed by atoms with Gasteiger partial charge in [0.15, 0.2) is 11.6 Å². The van der Waals surface area contributed by atoms with Gasteiger partial charge in [0.1, 0.15) is 29.4 Å². The highest BCUT2D eigenvalue weighted by Gasteiger charge is 2.51. The lowest BCUT2D eigenvalue weighted by atomic mass is 9.65. The molecule has 1 aliphatic carbocycles. The van der Waals surface area contributed by atoms with Crippen LogP contribution in [0, 0.1) is 28.4 Å². The highest BCUT2D eigenvalue weighted by molar-refractivity contribution is 7.90. The number of nitrogens with one attached hydrogen (secondary N) is 1. The number of ether oxygens (including phenoxy) is 1. The van der Waals surface area contributed by atoms with Gasteiger partial charge in [-0.15, -0.1) is 0 Å². The van der Waals surface area contributed by atoms with E-state index in [-0.39, 0.29) is 11.2 Å². The van der Waals surface area contributed by atoms with Crippen molar-refractivity contribution in [1.82, 2.24) is 18.7 Å². The normalized spacial score (nSPS) is 17.2. The molecule has 2 aromatic carbocycles. The molecule has 9 nitrogen and oxygen atoms in total. The van der Waals surface area contributed by atoms with Crippen molar-refractivity contribution in [2.24, 2.45) is 5.41 Å². The first-order valence-electron chi connectivity index (χ1n) is 10.9. The molecule has 1 N–H and O–H groups in total. The third kappa shape index (κ3) is 3.46. The van der Waals surface area contributed by atoms with Crippen LogP contribution in [0.2, 0.25) is 0 Å². The van der Waals surface area contributed by atoms with Gasteiger partial charge in [-0.2, -0.15) is 22.4 Å². The largest absolute Gasteiger partial charge is 0.453 e. The van der Waals surface area contributed by atoms with Crippen molar-refractivity contribution >= 4 is 32.4 Å². The SMILES string of the molecule is N#Cc1c(NS(=O)(=O)N2CC3(CCC3)C2)cc(F)c(F)c1Oc1ccc2ncn3ccnc3c2c1. The predicted octanol–water partition coefficient (Wildman–Crippen LogP) is 3.97. The number of aromatic nitrogens is 3. The van der Waals surface area contributed by atoms with Crippen molar-refractivity contribution in [3.8, 4) is 17.6 Å². The molecule has 0 bridgehead atoms. The van der Waals surface area contributed by atoms with Crippen LogP contribution in [0.3, 0.4) is 0 Å². The van der Waals surface area contributed by atoms with E-state index in [0.717, 1.165) is 19.3 Å². The van der Waals surface area contributed by atoms with Crippen molar-refractivity contribution in [2.45, 2.75) is 19.3 Å². The fourth-order valence-corrected chi connectivity index (χ4v) is 6.14. The van der Waals surface area contributed by atoms with Gasteiger partial charge >= 0.3 is 10.2 Å². The number of rotatable bonds is 5. The molecule has 1 spiro atoms. The Morgan fingerprint density at radius 1 is 1.17 bits per heavy atom. The van der Waals surface area contributed by atoms with Crippen molar-refractivity contribution in [3.63, 3.8) is 0 Å². The Morgan fingerprint density at radius 2 is 1.97 bits per heavy atom. The number of hydrogen-bond acceptors (Lipinski definition) is 6. The first-order valence-corrected chi connectivity index (χ1v) is 12.3. The molecule has 178 valence electrons. The molecule has 2 aliphatic rings. The van der Waals surface area contributed by atoms with Crippen LogP contribution in [0.15, 0.2) is 43.0 Å². The second kappa shape index (κ2) is 7.59. The van der Waals surface area contributed by atoms with Crippen LogP contribution in [-0.2, 0) is 10.2 Å². The van der Waals surface area contributed by atoms with E-state index in [1.54, 1.807) is 35.3 Å². The van der Waals surface area contributed by atoms with Gasteiger partial charge in [0.25, 0.3) is 0 Å². The maximum atomic E-state index is 14.8. The second-order valence-corrected chi connectivity index (χ2v) is 10.6. The van der Waals surface area contributed by atoms with Crippen LogP contribution in [0.4, 0.5) is 14.5 Å². The number of fused-ring (bicyclic) bond motifs is 3. The Labute approximate surface area is 198 Å². The van der Waals surface area contributed by atoms with E-state index in [2.05, 4.69) is 14.7 Å². The third-order valence-corrected chi connectivity index (χ3v) is 8.14. The van der Waals surface area contributed by atoms with Gasteiger partial charge in [0, 0.05) is 36.9 Å². The van der Waals surface area contributed by atoms with Crippen LogP contribution in [0.1, 0.15) is 24.8 Å². The van der Waals surface area contributed by atoms with Crippen LogP contribution in [0.5, 0.6) is 11.5 Å². The average Bonchev–Trinajstić information content (AvgIpc) is 3.24. The Balaban J connectivity index is 1.36. The van der Waals surface area contributed by atoms with Gasteiger partial charge in [-0.1, -0.05) is 6.42 Å². The van der Waals surface area contributed by atoms with E-state index in [4.69, 9.17) is 4.74 Å². The van der Waals surface area contributed by atoms with E-state index in [9.17, 15) is 22.5 Å². The molecule has 6 rings (SSSR count). The van der Waals surface area contributed by atoms with Crippen LogP contribution in [0.25, 0.3) is 16.6 Å². The van der Waals surface area contributed by atoms with E-state index in [0.29, 0.717) is 35.7 Å². The first-order chi connectivity index (χ1) is 16.8. The smallest absolute Gasteiger partial charge is 0.301 e. The number of nitriles is 1. The molecule has 0 unspecified atom stereocenters. The summed E-state index contributed by atoms with van der Waals surface area (Å²) in [6.07, 6.45) is 7.90.